The van der Waals surface area contributed by atoms with Crippen molar-refractivity contribution in [2.45, 2.75) is 55.7 Å². The SMILES string of the molecule is CC1=CC[C@H](O)[C@@]2(S)CCC(C)C(OC=O)C12O. The number of hydrogen-bond donors (Lipinski definition) is 3. The largest absolute Gasteiger partial charge is 0.461 e. The van der Waals surface area contributed by atoms with E-state index in [4.69, 9.17) is 4.74 Å². The predicted octanol–water partition coefficient (Wildman–Crippen LogP) is 1.07. The van der Waals surface area contributed by atoms with Gasteiger partial charge in [-0.05, 0) is 37.7 Å². The number of carbonyl (C=O) groups excluding carboxylic acids is 1. The monoisotopic (exact) mass is 272 g/mol. The lowest BCUT2D eigenvalue weighted by molar-refractivity contribution is -0.176. The number of rotatable bonds is 2. The van der Waals surface area contributed by atoms with Crippen molar-refractivity contribution in [3.05, 3.63) is 11.6 Å². The lowest BCUT2D eigenvalue weighted by Crippen LogP contribution is -2.69. The van der Waals surface area contributed by atoms with Gasteiger partial charge in [-0.2, -0.15) is 12.6 Å². The number of ether oxygens (including phenoxy) is 1. The van der Waals surface area contributed by atoms with Crippen molar-refractivity contribution in [1.29, 1.82) is 0 Å². The number of carbonyl (C=O) groups is 1. The van der Waals surface area contributed by atoms with Crippen molar-refractivity contribution >= 4 is 19.1 Å². The molecule has 4 nitrogen and oxygen atoms in total. The molecule has 2 rings (SSSR count). The molecule has 2 aliphatic rings. The minimum Gasteiger partial charge on any atom is -0.461 e. The second kappa shape index (κ2) is 4.54. The average Bonchev–Trinajstić information content (AvgIpc) is 2.34. The maximum Gasteiger partial charge on any atom is 0.293 e. The van der Waals surface area contributed by atoms with Gasteiger partial charge in [-0.3, -0.25) is 4.79 Å². The van der Waals surface area contributed by atoms with Crippen molar-refractivity contribution in [1.82, 2.24) is 0 Å². The van der Waals surface area contributed by atoms with Crippen LogP contribution in [0.3, 0.4) is 0 Å². The van der Waals surface area contributed by atoms with Crippen LogP contribution in [-0.2, 0) is 9.53 Å². The number of hydrogen-bond acceptors (Lipinski definition) is 5. The van der Waals surface area contributed by atoms with Crippen LogP contribution in [0.4, 0.5) is 0 Å². The van der Waals surface area contributed by atoms with Gasteiger partial charge in [0.2, 0.25) is 0 Å². The third kappa shape index (κ3) is 1.64. The highest BCUT2D eigenvalue weighted by atomic mass is 32.1. The summed E-state index contributed by atoms with van der Waals surface area (Å²) < 4.78 is 4.17. The molecule has 0 amide bonds. The molecule has 0 heterocycles. The molecule has 102 valence electrons. The quantitative estimate of drug-likeness (QED) is 0.400. The first-order valence-corrected chi connectivity index (χ1v) is 6.71. The van der Waals surface area contributed by atoms with Gasteiger partial charge in [-0.1, -0.05) is 13.0 Å². The Labute approximate surface area is 112 Å². The first-order valence-electron chi connectivity index (χ1n) is 6.27. The van der Waals surface area contributed by atoms with E-state index in [1.54, 1.807) is 13.0 Å². The third-order valence-corrected chi connectivity index (χ3v) is 5.43. The Morgan fingerprint density at radius 1 is 1.61 bits per heavy atom. The zero-order chi connectivity index (χ0) is 13.6. The standard InChI is InChI=1S/C13H20O4S/c1-8-5-6-12(18)10(15)4-3-9(2)13(12,16)11(8)17-7-14/h3,7-8,10-11,15-16,18H,4-6H2,1-2H3/t8?,10-,11?,12-,13?/m0/s1. The van der Waals surface area contributed by atoms with E-state index < -0.39 is 22.6 Å². The minimum absolute atomic E-state index is 0.0362. The van der Waals surface area contributed by atoms with E-state index in [1.807, 2.05) is 6.92 Å². The third-order valence-electron chi connectivity index (χ3n) is 4.57. The molecular formula is C13H20O4S. The molecule has 0 aromatic carbocycles. The maximum absolute atomic E-state index is 11.1. The molecule has 0 aromatic heterocycles. The van der Waals surface area contributed by atoms with Crippen LogP contribution in [-0.4, -0.2) is 39.2 Å². The van der Waals surface area contributed by atoms with Crippen LogP contribution in [0.15, 0.2) is 11.6 Å². The lowest BCUT2D eigenvalue weighted by Gasteiger charge is -2.57. The molecule has 18 heavy (non-hydrogen) atoms. The molecule has 2 N–H and O–H groups in total. The number of aliphatic hydroxyl groups is 2. The van der Waals surface area contributed by atoms with E-state index in [0.29, 0.717) is 19.3 Å². The minimum atomic E-state index is -1.40. The molecule has 5 heteroatoms. The summed E-state index contributed by atoms with van der Waals surface area (Å²) in [5, 5.41) is 21.3. The molecule has 1 saturated carbocycles. The molecule has 0 aliphatic heterocycles. The summed E-state index contributed by atoms with van der Waals surface area (Å²) >= 11 is 4.57. The highest BCUT2D eigenvalue weighted by molar-refractivity contribution is 7.82. The molecule has 1 fully saturated rings. The smallest absolute Gasteiger partial charge is 0.293 e. The second-order valence-corrected chi connectivity index (χ2v) is 6.30. The number of fused-ring (bicyclic) bond motifs is 1. The van der Waals surface area contributed by atoms with Crippen LogP contribution >= 0.6 is 12.6 Å². The normalized spacial score (nSPS) is 48.1. The van der Waals surface area contributed by atoms with Gasteiger partial charge in [0.15, 0.2) is 0 Å². The number of aliphatic hydroxyl groups excluding tert-OH is 1. The zero-order valence-corrected chi connectivity index (χ0v) is 11.6. The first-order chi connectivity index (χ1) is 8.38. The second-order valence-electron chi connectivity index (χ2n) is 5.50. The number of thiol groups is 1. The van der Waals surface area contributed by atoms with E-state index in [2.05, 4.69) is 12.6 Å². The fourth-order valence-electron chi connectivity index (χ4n) is 3.37. The Hall–Kier alpha value is -0.520. The molecule has 0 bridgehead atoms. The van der Waals surface area contributed by atoms with Gasteiger partial charge in [0, 0.05) is 0 Å². The van der Waals surface area contributed by atoms with Crippen molar-refractivity contribution in [3.63, 3.8) is 0 Å². The fourth-order valence-corrected chi connectivity index (χ4v) is 3.90. The van der Waals surface area contributed by atoms with Gasteiger partial charge >= 0.3 is 0 Å². The van der Waals surface area contributed by atoms with Gasteiger partial charge in [-0.15, -0.1) is 0 Å². The molecule has 2 aliphatic carbocycles. The van der Waals surface area contributed by atoms with Crippen molar-refractivity contribution < 1.29 is 19.7 Å². The molecule has 3 unspecified atom stereocenters. The Morgan fingerprint density at radius 3 is 2.89 bits per heavy atom. The lowest BCUT2D eigenvalue weighted by atomic mass is 9.60. The summed E-state index contributed by atoms with van der Waals surface area (Å²) in [6.07, 6.45) is 2.23. The van der Waals surface area contributed by atoms with Gasteiger partial charge in [0.25, 0.3) is 6.47 Å². The Bertz CT molecular complexity index is 383. The van der Waals surface area contributed by atoms with Gasteiger partial charge in [0.05, 0.1) is 10.9 Å². The van der Waals surface area contributed by atoms with Crippen molar-refractivity contribution in [2.75, 3.05) is 0 Å². The molecule has 5 atom stereocenters. The summed E-state index contributed by atoms with van der Waals surface area (Å²) in [6.45, 7) is 4.11. The van der Waals surface area contributed by atoms with Gasteiger partial charge < -0.3 is 14.9 Å². The molecule has 0 radical (unpaired) electrons. The predicted molar refractivity (Wildman–Crippen MR) is 70.4 cm³/mol. The van der Waals surface area contributed by atoms with Crippen LogP contribution in [0.1, 0.15) is 33.1 Å². The summed E-state index contributed by atoms with van der Waals surface area (Å²) in [4.78, 5) is 10.7. The molecular weight excluding hydrogens is 252 g/mol. The molecule has 0 spiro atoms. The van der Waals surface area contributed by atoms with Crippen LogP contribution in [0, 0.1) is 5.92 Å². The summed E-state index contributed by atoms with van der Waals surface area (Å²) in [6, 6.07) is 0. The maximum atomic E-state index is 11.1. The van der Waals surface area contributed by atoms with E-state index >= 15 is 0 Å². The summed E-state index contributed by atoms with van der Waals surface area (Å²) in [5.41, 5.74) is -0.673. The van der Waals surface area contributed by atoms with E-state index in [-0.39, 0.29) is 5.92 Å². The van der Waals surface area contributed by atoms with Crippen molar-refractivity contribution in [3.8, 4) is 0 Å². The van der Waals surface area contributed by atoms with E-state index in [1.165, 1.54) is 0 Å². The Balaban J connectivity index is 2.51. The Morgan fingerprint density at radius 2 is 2.28 bits per heavy atom. The van der Waals surface area contributed by atoms with Gasteiger partial charge in [0.1, 0.15) is 11.7 Å². The zero-order valence-electron chi connectivity index (χ0n) is 10.7. The van der Waals surface area contributed by atoms with Crippen LogP contribution in [0.25, 0.3) is 0 Å². The highest BCUT2D eigenvalue weighted by Crippen LogP contribution is 2.53. The van der Waals surface area contributed by atoms with Crippen molar-refractivity contribution in [2.24, 2.45) is 5.92 Å². The first kappa shape index (κ1) is 13.9. The van der Waals surface area contributed by atoms with Gasteiger partial charge in [-0.25, -0.2) is 0 Å². The van der Waals surface area contributed by atoms with Crippen LogP contribution in [0.5, 0.6) is 0 Å². The van der Waals surface area contributed by atoms with E-state index in [9.17, 15) is 15.0 Å². The molecule has 0 saturated heterocycles. The fraction of sp³-hybridized carbons (Fsp3) is 0.769. The van der Waals surface area contributed by atoms with E-state index in [0.717, 1.165) is 12.0 Å². The summed E-state index contributed by atoms with van der Waals surface area (Å²) in [7, 11) is 0. The topological polar surface area (TPSA) is 66.8 Å². The average molecular weight is 272 g/mol. The Kier molecular flexibility index (Phi) is 3.51. The molecule has 0 aromatic rings. The summed E-state index contributed by atoms with van der Waals surface area (Å²) in [5.74, 6) is 0.0362. The highest BCUT2D eigenvalue weighted by Gasteiger charge is 2.63. The van der Waals surface area contributed by atoms with Crippen LogP contribution in [0.2, 0.25) is 0 Å². The van der Waals surface area contributed by atoms with Crippen LogP contribution < -0.4 is 0 Å².